The minimum Gasteiger partial charge on any atom is -0.422 e. The number of allylic oxidation sites excluding steroid dienone is 1. The Bertz CT molecular complexity index is 1130. The van der Waals surface area contributed by atoms with Crippen LogP contribution < -0.4 is 10.9 Å². The van der Waals surface area contributed by atoms with Crippen LogP contribution in [-0.2, 0) is 13.0 Å². The molecule has 3 aromatic rings. The molecular formula is C25H28N2O3. The summed E-state index contributed by atoms with van der Waals surface area (Å²) in [7, 11) is 4.00. The molecule has 1 N–H and O–H groups in total. The molecule has 0 saturated carbocycles. The van der Waals surface area contributed by atoms with Crippen molar-refractivity contribution < 1.29 is 9.21 Å². The zero-order valence-corrected chi connectivity index (χ0v) is 18.0. The third-order valence-electron chi connectivity index (χ3n) is 4.97. The van der Waals surface area contributed by atoms with Gasteiger partial charge in [-0.2, -0.15) is 0 Å². The van der Waals surface area contributed by atoms with E-state index in [0.717, 1.165) is 28.6 Å². The third kappa shape index (κ3) is 4.69. The summed E-state index contributed by atoms with van der Waals surface area (Å²) in [5, 5.41) is 3.51. The van der Waals surface area contributed by atoms with Crippen molar-refractivity contribution in [3.63, 3.8) is 0 Å². The van der Waals surface area contributed by atoms with Gasteiger partial charge in [-0.15, -0.1) is 6.58 Å². The van der Waals surface area contributed by atoms with Crippen LogP contribution in [0.3, 0.4) is 0 Å². The fourth-order valence-electron chi connectivity index (χ4n) is 3.57. The molecule has 0 aliphatic heterocycles. The number of benzene rings is 2. The molecule has 3 rings (SSSR count). The van der Waals surface area contributed by atoms with E-state index >= 15 is 0 Å². The van der Waals surface area contributed by atoms with Gasteiger partial charge in [-0.1, -0.05) is 44.2 Å². The van der Waals surface area contributed by atoms with Gasteiger partial charge < -0.3 is 14.6 Å². The van der Waals surface area contributed by atoms with Crippen LogP contribution >= 0.6 is 0 Å². The molecular weight excluding hydrogens is 376 g/mol. The number of hydrogen-bond acceptors (Lipinski definition) is 4. The molecule has 1 amide bonds. The minimum absolute atomic E-state index is 0.0123. The molecule has 0 spiro atoms. The van der Waals surface area contributed by atoms with Crippen molar-refractivity contribution in [1.82, 2.24) is 4.90 Å². The second-order valence-corrected chi connectivity index (χ2v) is 8.04. The van der Waals surface area contributed by atoms with Gasteiger partial charge in [0, 0.05) is 23.2 Å². The summed E-state index contributed by atoms with van der Waals surface area (Å²) in [6, 6.07) is 13.1. The van der Waals surface area contributed by atoms with E-state index in [2.05, 4.69) is 30.6 Å². The van der Waals surface area contributed by atoms with Gasteiger partial charge in [0.1, 0.15) is 11.1 Å². The normalized spacial score (nSPS) is 11.3. The number of carbonyl (C=O) groups excluding carboxylic acids is 1. The van der Waals surface area contributed by atoms with Gasteiger partial charge in [-0.25, -0.2) is 4.79 Å². The van der Waals surface area contributed by atoms with Gasteiger partial charge in [0.15, 0.2) is 0 Å². The number of anilines is 1. The monoisotopic (exact) mass is 404 g/mol. The van der Waals surface area contributed by atoms with Crippen LogP contribution in [0.1, 0.15) is 46.8 Å². The molecule has 0 radical (unpaired) electrons. The Balaban J connectivity index is 1.93. The van der Waals surface area contributed by atoms with E-state index in [9.17, 15) is 9.59 Å². The van der Waals surface area contributed by atoms with E-state index in [-0.39, 0.29) is 11.5 Å². The summed E-state index contributed by atoms with van der Waals surface area (Å²) < 4.78 is 5.62. The highest BCUT2D eigenvalue weighted by atomic mass is 16.4. The van der Waals surface area contributed by atoms with Crippen LogP contribution in [0, 0.1) is 0 Å². The quantitative estimate of drug-likeness (QED) is 0.447. The van der Waals surface area contributed by atoms with E-state index in [4.69, 9.17) is 4.42 Å². The van der Waals surface area contributed by atoms with Crippen molar-refractivity contribution in [3.05, 3.63) is 87.8 Å². The number of carbonyl (C=O) groups is 1. The molecule has 0 saturated heterocycles. The molecule has 156 valence electrons. The van der Waals surface area contributed by atoms with E-state index in [1.54, 1.807) is 12.1 Å². The van der Waals surface area contributed by atoms with Crippen LogP contribution in [0.2, 0.25) is 0 Å². The Kier molecular flexibility index (Phi) is 6.53. The second kappa shape index (κ2) is 9.09. The SMILES string of the molecule is C=CCc1c(C(C)C)ccc2cc(C(=O)Nc3ccc(CN(C)C)cc3)c(=O)oc12. The predicted molar refractivity (Wildman–Crippen MR) is 122 cm³/mol. The Morgan fingerprint density at radius 2 is 1.87 bits per heavy atom. The van der Waals surface area contributed by atoms with Gasteiger partial charge in [0.25, 0.3) is 5.91 Å². The highest BCUT2D eigenvalue weighted by Crippen LogP contribution is 2.28. The van der Waals surface area contributed by atoms with Crippen molar-refractivity contribution in [1.29, 1.82) is 0 Å². The summed E-state index contributed by atoms with van der Waals surface area (Å²) in [5.74, 6) is -0.197. The average Bonchev–Trinajstić information content (AvgIpc) is 2.69. The van der Waals surface area contributed by atoms with Gasteiger partial charge in [-0.05, 0) is 55.8 Å². The molecule has 1 heterocycles. The molecule has 0 aliphatic rings. The first-order valence-corrected chi connectivity index (χ1v) is 10.1. The topological polar surface area (TPSA) is 62.6 Å². The largest absolute Gasteiger partial charge is 0.422 e. The van der Waals surface area contributed by atoms with Gasteiger partial charge in [-0.3, -0.25) is 4.79 Å². The van der Waals surface area contributed by atoms with E-state index in [1.165, 1.54) is 0 Å². The average molecular weight is 405 g/mol. The Morgan fingerprint density at radius 3 is 2.47 bits per heavy atom. The lowest BCUT2D eigenvalue weighted by Gasteiger charge is -2.14. The number of fused-ring (bicyclic) bond motifs is 1. The molecule has 1 aromatic heterocycles. The summed E-state index contributed by atoms with van der Waals surface area (Å²) in [5.41, 5.74) is 3.69. The van der Waals surface area contributed by atoms with Gasteiger partial charge in [0.05, 0.1) is 0 Å². The number of amides is 1. The van der Waals surface area contributed by atoms with Crippen LogP contribution in [-0.4, -0.2) is 24.9 Å². The predicted octanol–water partition coefficient (Wildman–Crippen LogP) is 4.96. The third-order valence-corrected chi connectivity index (χ3v) is 4.97. The van der Waals surface area contributed by atoms with Crippen LogP contribution in [0.25, 0.3) is 11.0 Å². The lowest BCUT2D eigenvalue weighted by atomic mass is 9.93. The fourth-order valence-corrected chi connectivity index (χ4v) is 3.57. The van der Waals surface area contributed by atoms with E-state index < -0.39 is 11.5 Å². The lowest BCUT2D eigenvalue weighted by Crippen LogP contribution is -2.21. The van der Waals surface area contributed by atoms with Gasteiger partial charge in [0.2, 0.25) is 0 Å². The zero-order valence-electron chi connectivity index (χ0n) is 18.0. The first kappa shape index (κ1) is 21.5. The molecule has 0 fully saturated rings. The second-order valence-electron chi connectivity index (χ2n) is 8.04. The molecule has 2 aromatic carbocycles. The summed E-state index contributed by atoms with van der Waals surface area (Å²) >= 11 is 0. The maximum absolute atomic E-state index is 12.7. The summed E-state index contributed by atoms with van der Waals surface area (Å²) in [6.45, 7) is 8.82. The van der Waals surface area contributed by atoms with Crippen molar-refractivity contribution in [2.75, 3.05) is 19.4 Å². The van der Waals surface area contributed by atoms with Crippen LogP contribution in [0.15, 0.2) is 64.3 Å². The van der Waals surface area contributed by atoms with E-state index in [0.29, 0.717) is 17.7 Å². The minimum atomic E-state index is -0.643. The number of nitrogens with one attached hydrogen (secondary N) is 1. The molecule has 0 unspecified atom stereocenters. The van der Waals surface area contributed by atoms with Crippen molar-refractivity contribution >= 4 is 22.6 Å². The highest BCUT2D eigenvalue weighted by Gasteiger charge is 2.18. The Hall–Kier alpha value is -3.18. The molecule has 30 heavy (non-hydrogen) atoms. The molecule has 0 atom stereocenters. The van der Waals surface area contributed by atoms with Crippen molar-refractivity contribution in [2.24, 2.45) is 0 Å². The number of hydrogen-bond donors (Lipinski definition) is 1. The van der Waals surface area contributed by atoms with Crippen molar-refractivity contribution in [2.45, 2.75) is 32.7 Å². The number of rotatable bonds is 7. The lowest BCUT2D eigenvalue weighted by molar-refractivity contribution is 0.102. The molecule has 0 bridgehead atoms. The fraction of sp³-hybridized carbons (Fsp3) is 0.280. The van der Waals surface area contributed by atoms with Gasteiger partial charge >= 0.3 is 5.63 Å². The maximum atomic E-state index is 12.7. The van der Waals surface area contributed by atoms with Crippen LogP contribution in [0.4, 0.5) is 5.69 Å². The number of nitrogens with zero attached hydrogens (tertiary/aromatic N) is 1. The standard InChI is InChI=1S/C25H28N2O3/c1-6-7-21-20(16(2)3)13-10-18-14-22(25(29)30-23(18)21)24(28)26-19-11-8-17(9-12-19)15-27(4)5/h6,8-14,16H,1,7,15H2,2-5H3,(H,26,28). The molecule has 5 heteroatoms. The summed E-state index contributed by atoms with van der Waals surface area (Å²) in [4.78, 5) is 27.4. The highest BCUT2D eigenvalue weighted by molar-refractivity contribution is 6.05. The summed E-state index contributed by atoms with van der Waals surface area (Å²) in [6.07, 6.45) is 2.39. The van der Waals surface area contributed by atoms with Crippen LogP contribution in [0.5, 0.6) is 0 Å². The first-order valence-electron chi connectivity index (χ1n) is 10.1. The smallest absolute Gasteiger partial charge is 0.349 e. The Labute approximate surface area is 177 Å². The molecule has 0 aliphatic carbocycles. The van der Waals surface area contributed by atoms with E-state index in [1.807, 2.05) is 50.5 Å². The zero-order chi connectivity index (χ0) is 21.8. The molecule has 5 nitrogen and oxygen atoms in total. The van der Waals surface area contributed by atoms with Crippen molar-refractivity contribution in [3.8, 4) is 0 Å². The maximum Gasteiger partial charge on any atom is 0.349 e. The Morgan fingerprint density at radius 1 is 1.17 bits per heavy atom. The first-order chi connectivity index (χ1) is 14.3.